The molecule has 0 spiro atoms. The Hall–Kier alpha value is -4.39. The molecular formula is C26H22N4O3. The highest BCUT2D eigenvalue weighted by atomic mass is 16.5. The zero-order valence-corrected chi connectivity index (χ0v) is 17.8. The molecular weight excluding hydrogens is 416 g/mol. The van der Waals surface area contributed by atoms with Gasteiger partial charge in [-0.1, -0.05) is 66.7 Å². The molecule has 0 bridgehead atoms. The summed E-state index contributed by atoms with van der Waals surface area (Å²) in [5, 5.41) is 0. The summed E-state index contributed by atoms with van der Waals surface area (Å²) in [5.41, 5.74) is 2.10. The lowest BCUT2D eigenvalue weighted by atomic mass is 9.97. The highest BCUT2D eigenvalue weighted by Gasteiger charge is 2.35. The van der Waals surface area contributed by atoms with Crippen LogP contribution in [-0.4, -0.2) is 26.8 Å². The van der Waals surface area contributed by atoms with E-state index in [1.165, 1.54) is 11.2 Å². The minimum Gasteiger partial charge on any atom is -0.460 e. The van der Waals surface area contributed by atoms with Crippen LogP contribution in [0.15, 0.2) is 104 Å². The standard InChI is InChI=1S/C26H22N4O3/c31-25(30(23-13-7-8-14-29-23)17-21-15-27-19-28-16-21)24(22-11-5-2-6-12-22)26(32)33-18-20-9-3-1-4-10-20/h1-16,19,24H,17-18H2. The molecule has 7 heteroatoms. The number of aromatic nitrogens is 3. The summed E-state index contributed by atoms with van der Waals surface area (Å²) in [7, 11) is 0. The zero-order chi connectivity index (χ0) is 22.9. The number of hydrogen-bond donors (Lipinski definition) is 0. The van der Waals surface area contributed by atoms with Crippen molar-refractivity contribution in [3.63, 3.8) is 0 Å². The summed E-state index contributed by atoms with van der Waals surface area (Å²) >= 11 is 0. The fourth-order valence-corrected chi connectivity index (χ4v) is 3.37. The number of ether oxygens (including phenoxy) is 1. The van der Waals surface area contributed by atoms with Crippen LogP contribution in [0.4, 0.5) is 5.82 Å². The molecule has 0 N–H and O–H groups in total. The second-order valence-electron chi connectivity index (χ2n) is 7.30. The number of pyridine rings is 1. The number of amides is 1. The Morgan fingerprint density at radius 2 is 1.48 bits per heavy atom. The van der Waals surface area contributed by atoms with E-state index in [2.05, 4.69) is 15.0 Å². The van der Waals surface area contributed by atoms with Gasteiger partial charge in [-0.15, -0.1) is 0 Å². The van der Waals surface area contributed by atoms with E-state index in [-0.39, 0.29) is 13.2 Å². The van der Waals surface area contributed by atoms with Gasteiger partial charge < -0.3 is 4.74 Å². The van der Waals surface area contributed by atoms with Crippen molar-refractivity contribution in [3.05, 3.63) is 120 Å². The van der Waals surface area contributed by atoms with Crippen LogP contribution < -0.4 is 4.90 Å². The molecule has 0 aliphatic carbocycles. The van der Waals surface area contributed by atoms with Gasteiger partial charge >= 0.3 is 5.97 Å². The molecule has 2 aromatic carbocycles. The quantitative estimate of drug-likeness (QED) is 0.306. The minimum atomic E-state index is -1.15. The first-order chi connectivity index (χ1) is 16.2. The molecule has 0 radical (unpaired) electrons. The molecule has 4 aromatic rings. The van der Waals surface area contributed by atoms with Crippen molar-refractivity contribution >= 4 is 17.7 Å². The van der Waals surface area contributed by atoms with E-state index >= 15 is 0 Å². The predicted octanol–water partition coefficient (Wildman–Crippen LogP) is 3.93. The van der Waals surface area contributed by atoms with Crippen molar-refractivity contribution in [2.75, 3.05) is 4.90 Å². The number of nitrogens with zero attached hydrogens (tertiary/aromatic N) is 4. The first-order valence-corrected chi connectivity index (χ1v) is 10.4. The van der Waals surface area contributed by atoms with Gasteiger partial charge in [0, 0.05) is 24.2 Å². The van der Waals surface area contributed by atoms with Crippen LogP contribution in [0.2, 0.25) is 0 Å². The molecule has 0 fully saturated rings. The smallest absolute Gasteiger partial charge is 0.323 e. The Morgan fingerprint density at radius 1 is 0.818 bits per heavy atom. The molecule has 0 aliphatic rings. The van der Waals surface area contributed by atoms with Crippen LogP contribution in [0, 0.1) is 0 Å². The second-order valence-corrected chi connectivity index (χ2v) is 7.30. The first-order valence-electron chi connectivity index (χ1n) is 10.4. The lowest BCUT2D eigenvalue weighted by Gasteiger charge is -2.26. The third-order valence-corrected chi connectivity index (χ3v) is 4.99. The molecule has 0 saturated heterocycles. The van der Waals surface area contributed by atoms with Gasteiger partial charge in [-0.2, -0.15) is 0 Å². The molecule has 164 valence electrons. The fraction of sp³-hybridized carbons (Fsp3) is 0.115. The number of carbonyl (C=O) groups is 2. The van der Waals surface area contributed by atoms with E-state index in [0.29, 0.717) is 16.9 Å². The molecule has 0 saturated carbocycles. The maximum atomic E-state index is 13.8. The lowest BCUT2D eigenvalue weighted by Crippen LogP contribution is -2.39. The molecule has 33 heavy (non-hydrogen) atoms. The summed E-state index contributed by atoms with van der Waals surface area (Å²) in [6, 6.07) is 23.5. The Kier molecular flexibility index (Phi) is 7.12. The molecule has 7 nitrogen and oxygen atoms in total. The third-order valence-electron chi connectivity index (χ3n) is 4.99. The van der Waals surface area contributed by atoms with Crippen LogP contribution in [0.5, 0.6) is 0 Å². The third kappa shape index (κ3) is 5.65. The predicted molar refractivity (Wildman–Crippen MR) is 123 cm³/mol. The molecule has 1 amide bonds. The second kappa shape index (κ2) is 10.8. The van der Waals surface area contributed by atoms with E-state index in [4.69, 9.17) is 4.74 Å². The van der Waals surface area contributed by atoms with Gasteiger partial charge in [-0.25, -0.2) is 15.0 Å². The average Bonchev–Trinajstić information content (AvgIpc) is 2.88. The van der Waals surface area contributed by atoms with Gasteiger partial charge in [0.15, 0.2) is 5.92 Å². The van der Waals surface area contributed by atoms with E-state index < -0.39 is 17.8 Å². The van der Waals surface area contributed by atoms with Crippen LogP contribution >= 0.6 is 0 Å². The summed E-state index contributed by atoms with van der Waals surface area (Å²) in [6.45, 7) is 0.235. The van der Waals surface area contributed by atoms with E-state index in [1.807, 2.05) is 36.4 Å². The van der Waals surface area contributed by atoms with Crippen LogP contribution in [-0.2, 0) is 27.5 Å². The van der Waals surface area contributed by atoms with E-state index in [0.717, 1.165) is 5.56 Å². The van der Waals surface area contributed by atoms with Crippen molar-refractivity contribution in [1.82, 2.24) is 15.0 Å². The number of rotatable bonds is 8. The van der Waals surface area contributed by atoms with Crippen molar-refractivity contribution < 1.29 is 14.3 Å². The van der Waals surface area contributed by atoms with E-state index in [9.17, 15) is 9.59 Å². The monoisotopic (exact) mass is 438 g/mol. The number of esters is 1. The van der Waals surface area contributed by atoms with E-state index in [1.54, 1.807) is 61.1 Å². The summed E-state index contributed by atoms with van der Waals surface area (Å²) < 4.78 is 5.57. The van der Waals surface area contributed by atoms with Gasteiger partial charge in [-0.3, -0.25) is 14.5 Å². The summed E-state index contributed by atoms with van der Waals surface area (Å²) in [6.07, 6.45) is 6.27. The number of anilines is 1. The molecule has 4 rings (SSSR count). The maximum Gasteiger partial charge on any atom is 0.323 e. The minimum absolute atomic E-state index is 0.0758. The summed E-state index contributed by atoms with van der Waals surface area (Å²) in [4.78, 5) is 40.9. The van der Waals surface area contributed by atoms with Gasteiger partial charge in [0.25, 0.3) is 0 Å². The Labute approximate surface area is 191 Å². The molecule has 2 heterocycles. The normalized spacial score (nSPS) is 11.4. The van der Waals surface area contributed by atoms with Gasteiger partial charge in [0.2, 0.25) is 5.91 Å². The Morgan fingerprint density at radius 3 is 2.15 bits per heavy atom. The van der Waals surface area contributed by atoms with Gasteiger partial charge in [0.1, 0.15) is 18.8 Å². The largest absolute Gasteiger partial charge is 0.460 e. The molecule has 0 aliphatic heterocycles. The zero-order valence-electron chi connectivity index (χ0n) is 17.8. The van der Waals surface area contributed by atoms with Gasteiger partial charge in [-0.05, 0) is 23.3 Å². The number of hydrogen-bond acceptors (Lipinski definition) is 6. The van der Waals surface area contributed by atoms with Crippen LogP contribution in [0.3, 0.4) is 0 Å². The lowest BCUT2D eigenvalue weighted by molar-refractivity contribution is -0.149. The number of carbonyl (C=O) groups excluding carboxylic acids is 2. The molecule has 2 aromatic heterocycles. The van der Waals surface area contributed by atoms with Crippen molar-refractivity contribution in [3.8, 4) is 0 Å². The molecule has 1 unspecified atom stereocenters. The topological polar surface area (TPSA) is 85.3 Å². The fourth-order valence-electron chi connectivity index (χ4n) is 3.37. The van der Waals surface area contributed by atoms with Crippen molar-refractivity contribution in [2.45, 2.75) is 19.1 Å². The van der Waals surface area contributed by atoms with Crippen LogP contribution in [0.25, 0.3) is 0 Å². The SMILES string of the molecule is O=C(OCc1ccccc1)C(C(=O)N(Cc1cncnc1)c1ccccn1)c1ccccc1. The Balaban J connectivity index is 1.66. The highest BCUT2D eigenvalue weighted by molar-refractivity contribution is 6.10. The van der Waals surface area contributed by atoms with Gasteiger partial charge in [0.05, 0.1) is 6.54 Å². The molecule has 1 atom stereocenters. The van der Waals surface area contributed by atoms with Crippen molar-refractivity contribution in [1.29, 1.82) is 0 Å². The van der Waals surface area contributed by atoms with Crippen molar-refractivity contribution in [2.24, 2.45) is 0 Å². The summed E-state index contributed by atoms with van der Waals surface area (Å²) in [5.74, 6) is -1.80. The average molecular weight is 438 g/mol. The number of benzene rings is 2. The Bertz CT molecular complexity index is 1170. The highest BCUT2D eigenvalue weighted by Crippen LogP contribution is 2.25. The maximum absolute atomic E-state index is 13.8. The van der Waals surface area contributed by atoms with Crippen LogP contribution in [0.1, 0.15) is 22.6 Å². The first kappa shape index (κ1) is 21.8.